The van der Waals surface area contributed by atoms with Gasteiger partial charge in [-0.05, 0) is 30.3 Å². The van der Waals surface area contributed by atoms with Crippen molar-refractivity contribution in [2.45, 2.75) is 31.5 Å². The lowest BCUT2D eigenvalue weighted by atomic mass is 10.0. The van der Waals surface area contributed by atoms with E-state index in [0.29, 0.717) is 36.3 Å². The summed E-state index contributed by atoms with van der Waals surface area (Å²) in [6.07, 6.45) is 4.14. The van der Waals surface area contributed by atoms with Gasteiger partial charge < -0.3 is 25.9 Å². The first kappa shape index (κ1) is 19.9. The summed E-state index contributed by atoms with van der Waals surface area (Å²) in [5.41, 5.74) is 7.38. The van der Waals surface area contributed by atoms with E-state index in [1.54, 1.807) is 18.0 Å². The zero-order valence-corrected chi connectivity index (χ0v) is 15.7. The van der Waals surface area contributed by atoms with Gasteiger partial charge in [0.2, 0.25) is 0 Å². The van der Waals surface area contributed by atoms with Gasteiger partial charge >= 0.3 is 5.97 Å². The molecule has 9 nitrogen and oxygen atoms in total. The Labute approximate surface area is 160 Å². The van der Waals surface area contributed by atoms with Gasteiger partial charge in [0.15, 0.2) is 0 Å². The predicted octanol–water partition coefficient (Wildman–Crippen LogP) is -0.0308. The number of nitrogens with zero attached hydrogens (tertiary/aromatic N) is 2. The summed E-state index contributed by atoms with van der Waals surface area (Å²) in [7, 11) is 0. The van der Waals surface area contributed by atoms with Crippen molar-refractivity contribution in [2.24, 2.45) is 11.7 Å². The van der Waals surface area contributed by atoms with E-state index < -0.39 is 12.0 Å². The molecular formula is C17H25N5O4S. The normalized spacial score (nSPS) is 21.7. The van der Waals surface area contributed by atoms with Crippen LogP contribution in [0.1, 0.15) is 18.4 Å². The number of aromatic nitrogens is 3. The number of aromatic amines is 2. The molecule has 10 heteroatoms. The Bertz CT molecular complexity index is 838. The first-order valence-electron chi connectivity index (χ1n) is 8.96. The molecular weight excluding hydrogens is 370 g/mol. The predicted molar refractivity (Wildman–Crippen MR) is 104 cm³/mol. The molecule has 3 unspecified atom stereocenters. The molecule has 0 spiro atoms. The number of nitrogens with two attached hydrogens (primary N) is 1. The number of carboxylic acids is 1. The molecule has 1 aliphatic heterocycles. The molecule has 1 fully saturated rings. The van der Waals surface area contributed by atoms with E-state index in [0.717, 1.165) is 24.3 Å². The number of likely N-dealkylation sites (tertiary alicyclic amines) is 1. The Balaban J connectivity index is 1.46. The number of thioether (sulfide) groups is 1. The van der Waals surface area contributed by atoms with Crippen LogP contribution in [-0.2, 0) is 11.3 Å². The number of aliphatic hydroxyl groups is 1. The summed E-state index contributed by atoms with van der Waals surface area (Å²) in [5.74, 6) is 0.792. The van der Waals surface area contributed by atoms with Crippen LogP contribution in [0.2, 0.25) is 0 Å². The smallest absolute Gasteiger partial charge is 0.320 e. The van der Waals surface area contributed by atoms with Crippen molar-refractivity contribution in [3.8, 4) is 0 Å². The second kappa shape index (κ2) is 8.87. The lowest BCUT2D eigenvalue weighted by Gasteiger charge is -2.15. The quantitative estimate of drug-likeness (QED) is 0.372. The third-order valence-corrected chi connectivity index (χ3v) is 6.00. The zero-order valence-electron chi connectivity index (χ0n) is 14.9. The van der Waals surface area contributed by atoms with Gasteiger partial charge in [-0.1, -0.05) is 0 Å². The number of aliphatic hydroxyl groups excluding tert-OH is 1. The van der Waals surface area contributed by atoms with E-state index in [2.05, 4.69) is 19.9 Å². The number of carbonyl (C=O) groups is 1. The van der Waals surface area contributed by atoms with Gasteiger partial charge in [0.1, 0.15) is 11.6 Å². The van der Waals surface area contributed by atoms with Crippen LogP contribution >= 0.6 is 11.8 Å². The number of H-pyrrole nitrogens is 2. The van der Waals surface area contributed by atoms with E-state index in [9.17, 15) is 14.7 Å². The summed E-state index contributed by atoms with van der Waals surface area (Å²) >= 11 is 1.67. The fraction of sp³-hybridized carbons (Fsp3) is 0.588. The molecule has 0 saturated carbocycles. The average molecular weight is 395 g/mol. The molecule has 3 heterocycles. The summed E-state index contributed by atoms with van der Waals surface area (Å²) in [4.78, 5) is 34.4. The van der Waals surface area contributed by atoms with Gasteiger partial charge in [0.05, 0.1) is 17.9 Å². The van der Waals surface area contributed by atoms with Gasteiger partial charge in [-0.3, -0.25) is 14.5 Å². The fourth-order valence-electron chi connectivity index (χ4n) is 3.39. The number of nitrogens with one attached hydrogen (secondary N) is 2. The average Bonchev–Trinajstić information content (AvgIpc) is 3.19. The largest absolute Gasteiger partial charge is 0.480 e. The van der Waals surface area contributed by atoms with Crippen molar-refractivity contribution in [1.82, 2.24) is 19.9 Å². The Morgan fingerprint density at radius 3 is 3.00 bits per heavy atom. The van der Waals surface area contributed by atoms with E-state index in [1.807, 2.05) is 0 Å². The van der Waals surface area contributed by atoms with Crippen LogP contribution in [0.4, 0.5) is 0 Å². The molecule has 0 amide bonds. The number of fused-ring (bicyclic) bond motifs is 1. The molecule has 148 valence electrons. The van der Waals surface area contributed by atoms with Crippen LogP contribution in [0.5, 0.6) is 0 Å². The summed E-state index contributed by atoms with van der Waals surface area (Å²) < 4.78 is 0. The third kappa shape index (κ3) is 4.89. The number of carboxylic acid groups (broad SMARTS) is 1. The van der Waals surface area contributed by atoms with Crippen LogP contribution in [-0.4, -0.2) is 72.8 Å². The number of hydrogen-bond donors (Lipinski definition) is 5. The first-order valence-corrected chi connectivity index (χ1v) is 10.1. The van der Waals surface area contributed by atoms with E-state index in [4.69, 9.17) is 10.8 Å². The van der Waals surface area contributed by atoms with Crippen LogP contribution in [0.15, 0.2) is 17.3 Å². The second-order valence-corrected chi connectivity index (χ2v) is 8.15. The van der Waals surface area contributed by atoms with Crippen molar-refractivity contribution >= 4 is 28.8 Å². The van der Waals surface area contributed by atoms with Crippen molar-refractivity contribution in [3.63, 3.8) is 0 Å². The molecule has 0 aliphatic carbocycles. The highest BCUT2D eigenvalue weighted by atomic mass is 32.2. The number of aliphatic carboxylic acids is 1. The summed E-state index contributed by atoms with van der Waals surface area (Å²) in [6, 6.07) is -0.804. The van der Waals surface area contributed by atoms with Crippen LogP contribution in [0, 0.1) is 5.92 Å². The monoisotopic (exact) mass is 395 g/mol. The van der Waals surface area contributed by atoms with Crippen LogP contribution in [0.25, 0.3) is 11.0 Å². The molecule has 1 aliphatic rings. The highest BCUT2D eigenvalue weighted by molar-refractivity contribution is 7.99. The Hall–Kier alpha value is -1.88. The fourth-order valence-corrected chi connectivity index (χ4v) is 4.49. The summed E-state index contributed by atoms with van der Waals surface area (Å²) in [5, 5.41) is 19.1. The highest BCUT2D eigenvalue weighted by Gasteiger charge is 2.31. The maximum Gasteiger partial charge on any atom is 0.320 e. The minimum atomic E-state index is -0.966. The molecule has 1 saturated heterocycles. The Morgan fingerprint density at radius 1 is 1.41 bits per heavy atom. The molecule has 2 aromatic heterocycles. The second-order valence-electron chi connectivity index (χ2n) is 6.93. The minimum Gasteiger partial charge on any atom is -0.480 e. The maximum atomic E-state index is 11.8. The molecule has 27 heavy (non-hydrogen) atoms. The van der Waals surface area contributed by atoms with Gasteiger partial charge in [-0.25, -0.2) is 4.98 Å². The molecule has 2 aromatic rings. The van der Waals surface area contributed by atoms with E-state index >= 15 is 0 Å². The maximum absolute atomic E-state index is 11.8. The number of hydrogen-bond acceptors (Lipinski definition) is 7. The van der Waals surface area contributed by atoms with Crippen molar-refractivity contribution < 1.29 is 15.0 Å². The standard InChI is InChI=1S/C17H25N5O4S/c18-12(17(25)26)2-4-27-3-1-10-6-22(8-13(10)23)7-11-5-19-15-14(11)20-9-21-16(15)24/h5,9-10,12-13,19,23H,1-4,6-8,18H2,(H,25,26)(H,20,21,24). The minimum absolute atomic E-state index is 0.187. The molecule has 0 radical (unpaired) electrons. The van der Waals surface area contributed by atoms with Crippen molar-refractivity contribution in [1.29, 1.82) is 0 Å². The number of β-amino-alcohol motifs (C(OH)–C–C–N with tert-alkyl or cyclic N) is 1. The van der Waals surface area contributed by atoms with Gasteiger partial charge in [0.25, 0.3) is 5.56 Å². The van der Waals surface area contributed by atoms with Crippen LogP contribution < -0.4 is 11.3 Å². The van der Waals surface area contributed by atoms with Crippen LogP contribution in [0.3, 0.4) is 0 Å². The summed E-state index contributed by atoms with van der Waals surface area (Å²) in [6.45, 7) is 2.01. The molecule has 0 aromatic carbocycles. The number of rotatable bonds is 9. The molecule has 3 rings (SSSR count). The first-order chi connectivity index (χ1) is 13.0. The topological polar surface area (TPSA) is 148 Å². The van der Waals surface area contributed by atoms with Gasteiger partial charge in [-0.15, -0.1) is 0 Å². The van der Waals surface area contributed by atoms with E-state index in [-0.39, 0.29) is 17.6 Å². The molecule has 0 bridgehead atoms. The Kier molecular flexibility index (Phi) is 6.53. The third-order valence-electron chi connectivity index (χ3n) is 4.95. The van der Waals surface area contributed by atoms with E-state index in [1.165, 1.54) is 6.33 Å². The van der Waals surface area contributed by atoms with Crippen molar-refractivity contribution in [3.05, 3.63) is 28.4 Å². The van der Waals surface area contributed by atoms with Crippen molar-refractivity contribution in [2.75, 3.05) is 24.6 Å². The molecule has 6 N–H and O–H groups in total. The highest BCUT2D eigenvalue weighted by Crippen LogP contribution is 2.25. The molecule has 3 atom stereocenters. The van der Waals surface area contributed by atoms with Gasteiger partial charge in [0, 0.05) is 31.4 Å². The lowest BCUT2D eigenvalue weighted by molar-refractivity contribution is -0.138. The Morgan fingerprint density at radius 2 is 2.22 bits per heavy atom. The van der Waals surface area contributed by atoms with Gasteiger partial charge in [-0.2, -0.15) is 11.8 Å². The zero-order chi connectivity index (χ0) is 19.4. The SMILES string of the molecule is NC(CCSCCC1CN(Cc2c[nH]c3c(=O)[nH]cnc23)CC1O)C(=O)O. The lowest BCUT2D eigenvalue weighted by Crippen LogP contribution is -2.30.